The molecule has 7 heteroatoms. The second-order valence-corrected chi connectivity index (χ2v) is 5.70. The fourth-order valence-electron chi connectivity index (χ4n) is 2.30. The van der Waals surface area contributed by atoms with Gasteiger partial charge in [-0.05, 0) is 49.4 Å². The van der Waals surface area contributed by atoms with Crippen molar-refractivity contribution in [3.63, 3.8) is 0 Å². The Balaban J connectivity index is 1.99. The van der Waals surface area contributed by atoms with Crippen LogP contribution >= 0.6 is 0 Å². The molecule has 0 saturated heterocycles. The number of esters is 1. The maximum Gasteiger partial charge on any atom is 0.331 e. The lowest BCUT2D eigenvalue weighted by molar-refractivity contribution is -0.148. The summed E-state index contributed by atoms with van der Waals surface area (Å²) < 4.78 is 15.5. The Kier molecular flexibility index (Phi) is 7.17. The minimum Gasteiger partial charge on any atom is -0.497 e. The first-order chi connectivity index (χ1) is 13.5. The van der Waals surface area contributed by atoms with Crippen molar-refractivity contribution in [2.24, 2.45) is 0 Å². The van der Waals surface area contributed by atoms with Crippen LogP contribution in [0.1, 0.15) is 18.1 Å². The molecule has 0 aliphatic rings. The molecule has 1 atom stereocenters. The molecule has 144 valence electrons. The summed E-state index contributed by atoms with van der Waals surface area (Å²) in [5.74, 6) is -0.0109. The van der Waals surface area contributed by atoms with Crippen molar-refractivity contribution in [2.45, 2.75) is 13.0 Å². The summed E-state index contributed by atoms with van der Waals surface area (Å²) in [4.78, 5) is 24.2. The van der Waals surface area contributed by atoms with Crippen molar-refractivity contribution >= 4 is 23.6 Å². The first-order valence-corrected chi connectivity index (χ1v) is 8.38. The van der Waals surface area contributed by atoms with Crippen LogP contribution in [-0.4, -0.2) is 32.2 Å². The largest absolute Gasteiger partial charge is 0.497 e. The molecule has 0 aliphatic heterocycles. The standard InChI is InChI=1S/C21H20N2O5/c1-14(21(25)23-17-6-4-5-15(11-17)13-22)28-20(24)10-7-16-12-18(26-2)8-9-19(16)27-3/h4-12,14H,1-3H3,(H,23,25)/b10-7+/t14-/m0/s1. The molecule has 0 saturated carbocycles. The van der Waals surface area contributed by atoms with Crippen LogP contribution in [0.25, 0.3) is 6.08 Å². The van der Waals surface area contributed by atoms with Crippen LogP contribution in [0.3, 0.4) is 0 Å². The number of methoxy groups -OCH3 is 2. The van der Waals surface area contributed by atoms with Gasteiger partial charge in [-0.15, -0.1) is 0 Å². The Morgan fingerprint density at radius 3 is 2.61 bits per heavy atom. The summed E-state index contributed by atoms with van der Waals surface area (Å²) in [6, 6.07) is 13.6. The molecule has 0 spiro atoms. The van der Waals surface area contributed by atoms with E-state index in [0.717, 1.165) is 0 Å². The third kappa shape index (κ3) is 5.61. The van der Waals surface area contributed by atoms with E-state index in [0.29, 0.717) is 28.3 Å². The first-order valence-electron chi connectivity index (χ1n) is 8.38. The van der Waals surface area contributed by atoms with E-state index < -0.39 is 18.0 Å². The van der Waals surface area contributed by atoms with Gasteiger partial charge < -0.3 is 19.5 Å². The molecule has 0 unspecified atom stereocenters. The van der Waals surface area contributed by atoms with Crippen LogP contribution in [0.15, 0.2) is 48.5 Å². The number of ether oxygens (including phenoxy) is 3. The number of carbonyl (C=O) groups excluding carboxylic acids is 2. The molecule has 0 aromatic heterocycles. The number of carbonyl (C=O) groups is 2. The first kappa shape index (κ1) is 20.5. The van der Waals surface area contributed by atoms with Crippen molar-refractivity contribution in [1.29, 1.82) is 5.26 Å². The third-order valence-corrected chi connectivity index (χ3v) is 3.76. The number of nitriles is 1. The molecule has 7 nitrogen and oxygen atoms in total. The van der Waals surface area contributed by atoms with Gasteiger partial charge >= 0.3 is 5.97 Å². The van der Waals surface area contributed by atoms with Crippen LogP contribution in [0, 0.1) is 11.3 Å². The minimum atomic E-state index is -1.02. The lowest BCUT2D eigenvalue weighted by Crippen LogP contribution is -2.29. The Hall–Kier alpha value is -3.79. The number of hydrogen-bond acceptors (Lipinski definition) is 6. The van der Waals surface area contributed by atoms with Gasteiger partial charge in [0.1, 0.15) is 11.5 Å². The highest BCUT2D eigenvalue weighted by molar-refractivity contribution is 5.96. The van der Waals surface area contributed by atoms with Crippen LogP contribution < -0.4 is 14.8 Å². The molecular formula is C21H20N2O5. The SMILES string of the molecule is COc1ccc(OC)c(/C=C/C(=O)O[C@@H](C)C(=O)Nc2cccc(C#N)c2)c1. The second kappa shape index (κ2) is 9.78. The zero-order valence-electron chi connectivity index (χ0n) is 15.8. The fraction of sp³-hybridized carbons (Fsp3) is 0.190. The highest BCUT2D eigenvalue weighted by Crippen LogP contribution is 2.25. The Labute approximate surface area is 163 Å². The Morgan fingerprint density at radius 1 is 1.14 bits per heavy atom. The smallest absolute Gasteiger partial charge is 0.331 e. The summed E-state index contributed by atoms with van der Waals surface area (Å²) in [6.45, 7) is 1.46. The highest BCUT2D eigenvalue weighted by Gasteiger charge is 2.17. The van der Waals surface area contributed by atoms with Gasteiger partial charge in [0.2, 0.25) is 0 Å². The number of nitrogens with one attached hydrogen (secondary N) is 1. The van der Waals surface area contributed by atoms with Gasteiger partial charge in [0, 0.05) is 17.3 Å². The van der Waals surface area contributed by atoms with E-state index >= 15 is 0 Å². The molecule has 1 amide bonds. The van der Waals surface area contributed by atoms with E-state index in [1.807, 2.05) is 6.07 Å². The summed E-state index contributed by atoms with van der Waals surface area (Å²) in [5, 5.41) is 11.5. The number of hydrogen-bond donors (Lipinski definition) is 1. The zero-order chi connectivity index (χ0) is 20.5. The Bertz CT molecular complexity index is 931. The van der Waals surface area contributed by atoms with Crippen LogP contribution in [0.2, 0.25) is 0 Å². The number of nitrogens with zero attached hydrogens (tertiary/aromatic N) is 1. The van der Waals surface area contributed by atoms with E-state index in [2.05, 4.69) is 5.32 Å². The summed E-state index contributed by atoms with van der Waals surface area (Å²) in [5.41, 5.74) is 1.49. The molecule has 0 radical (unpaired) electrons. The van der Waals surface area contributed by atoms with E-state index in [4.69, 9.17) is 19.5 Å². The van der Waals surface area contributed by atoms with E-state index in [1.54, 1.807) is 36.4 Å². The topological polar surface area (TPSA) is 97.7 Å². The summed E-state index contributed by atoms with van der Waals surface area (Å²) in [7, 11) is 3.06. The summed E-state index contributed by atoms with van der Waals surface area (Å²) >= 11 is 0. The van der Waals surface area contributed by atoms with Gasteiger partial charge in [0.05, 0.1) is 25.9 Å². The molecule has 1 N–H and O–H groups in total. The number of rotatable bonds is 7. The van der Waals surface area contributed by atoms with Crippen molar-refractivity contribution in [3.05, 3.63) is 59.7 Å². The van der Waals surface area contributed by atoms with Crippen molar-refractivity contribution in [3.8, 4) is 17.6 Å². The lowest BCUT2D eigenvalue weighted by Gasteiger charge is -2.12. The predicted octanol–water partition coefficient (Wildman–Crippen LogP) is 3.16. The molecule has 0 aliphatic carbocycles. The molecule has 0 heterocycles. The maximum atomic E-state index is 12.2. The number of amides is 1. The van der Waals surface area contributed by atoms with Gasteiger partial charge in [0.25, 0.3) is 5.91 Å². The second-order valence-electron chi connectivity index (χ2n) is 5.70. The molecule has 2 aromatic carbocycles. The molecule has 28 heavy (non-hydrogen) atoms. The van der Waals surface area contributed by atoms with Gasteiger partial charge in [-0.3, -0.25) is 4.79 Å². The number of benzene rings is 2. The molecular weight excluding hydrogens is 360 g/mol. The van der Waals surface area contributed by atoms with Crippen LogP contribution in [-0.2, 0) is 14.3 Å². The molecule has 0 bridgehead atoms. The van der Waals surface area contributed by atoms with E-state index in [-0.39, 0.29) is 0 Å². The van der Waals surface area contributed by atoms with E-state index in [9.17, 15) is 9.59 Å². The quantitative estimate of drug-likeness (QED) is 0.585. The fourth-order valence-corrected chi connectivity index (χ4v) is 2.30. The Morgan fingerprint density at radius 2 is 1.93 bits per heavy atom. The van der Waals surface area contributed by atoms with Crippen molar-refractivity contribution < 1.29 is 23.8 Å². The van der Waals surface area contributed by atoms with Gasteiger partial charge in [-0.1, -0.05) is 6.07 Å². The zero-order valence-corrected chi connectivity index (χ0v) is 15.8. The highest BCUT2D eigenvalue weighted by atomic mass is 16.5. The monoisotopic (exact) mass is 380 g/mol. The lowest BCUT2D eigenvalue weighted by atomic mass is 10.1. The molecule has 2 rings (SSSR count). The minimum absolute atomic E-state index is 0.414. The average Bonchev–Trinajstić information content (AvgIpc) is 2.71. The van der Waals surface area contributed by atoms with Crippen molar-refractivity contribution in [1.82, 2.24) is 0 Å². The number of anilines is 1. The van der Waals surface area contributed by atoms with Gasteiger partial charge in [0.15, 0.2) is 6.10 Å². The van der Waals surface area contributed by atoms with Crippen molar-refractivity contribution in [2.75, 3.05) is 19.5 Å². The van der Waals surface area contributed by atoms with Crippen LogP contribution in [0.5, 0.6) is 11.5 Å². The molecule has 2 aromatic rings. The van der Waals surface area contributed by atoms with E-state index in [1.165, 1.54) is 39.4 Å². The average molecular weight is 380 g/mol. The summed E-state index contributed by atoms with van der Waals surface area (Å²) in [6.07, 6.45) is 1.71. The van der Waals surface area contributed by atoms with Gasteiger partial charge in [-0.2, -0.15) is 5.26 Å². The third-order valence-electron chi connectivity index (χ3n) is 3.76. The molecule has 0 fully saturated rings. The predicted molar refractivity (Wildman–Crippen MR) is 104 cm³/mol. The van der Waals surface area contributed by atoms with Gasteiger partial charge in [-0.25, -0.2) is 4.79 Å². The van der Waals surface area contributed by atoms with Crippen LogP contribution in [0.4, 0.5) is 5.69 Å². The maximum absolute atomic E-state index is 12.2. The normalized spacial score (nSPS) is 11.4.